The van der Waals surface area contributed by atoms with Crippen molar-refractivity contribution in [3.05, 3.63) is 85.9 Å². The van der Waals surface area contributed by atoms with E-state index in [1.807, 2.05) is 13.8 Å². The average Bonchev–Trinajstić information content (AvgIpc) is 3.29. The maximum atomic E-state index is 13.2. The molecule has 0 unspecified atom stereocenters. The Hall–Kier alpha value is -4.05. The number of carbonyl (C=O) groups is 2. The van der Waals surface area contributed by atoms with Crippen molar-refractivity contribution in [1.29, 1.82) is 0 Å². The second-order valence-corrected chi connectivity index (χ2v) is 8.79. The van der Waals surface area contributed by atoms with Crippen LogP contribution in [0.15, 0.2) is 54.1 Å². The number of ether oxygens (including phenoxy) is 1. The Morgan fingerprint density at radius 3 is 2.32 bits per heavy atom. The van der Waals surface area contributed by atoms with Gasteiger partial charge < -0.3 is 9.84 Å². The van der Waals surface area contributed by atoms with Gasteiger partial charge in [-0.05, 0) is 62.7 Å². The Labute approximate surface area is 199 Å². The molecule has 34 heavy (non-hydrogen) atoms. The predicted molar refractivity (Wildman–Crippen MR) is 127 cm³/mol. The van der Waals surface area contributed by atoms with Gasteiger partial charge in [0.2, 0.25) is 0 Å². The van der Waals surface area contributed by atoms with Gasteiger partial charge in [0, 0.05) is 22.6 Å². The van der Waals surface area contributed by atoms with Crippen molar-refractivity contribution in [3.8, 4) is 5.75 Å². The molecule has 9 nitrogen and oxygen atoms in total. The smallest absolute Gasteiger partial charge is 0.301 e. The lowest BCUT2D eigenvalue weighted by Crippen LogP contribution is -2.29. The number of nitrogens with zero attached hydrogens (tertiary/aromatic N) is 3. The fourth-order valence-electron chi connectivity index (χ4n) is 3.71. The maximum absolute atomic E-state index is 13.2. The number of non-ortho nitro benzene ring substituents is 1. The minimum atomic E-state index is -1.00. The molecular weight excluding hydrogens is 458 g/mol. The molecule has 174 valence electrons. The number of Topliss-reactive ketones (excluding diaryl/α,β-unsaturated/α-hetero) is 1. The van der Waals surface area contributed by atoms with Gasteiger partial charge >= 0.3 is 5.91 Å². The van der Waals surface area contributed by atoms with E-state index >= 15 is 0 Å². The second kappa shape index (κ2) is 9.06. The molecule has 0 radical (unpaired) electrons. The summed E-state index contributed by atoms with van der Waals surface area (Å²) in [5, 5.41) is 22.6. The minimum absolute atomic E-state index is 0.117. The molecule has 1 aliphatic rings. The Morgan fingerprint density at radius 2 is 1.79 bits per heavy atom. The first-order valence-electron chi connectivity index (χ1n) is 10.5. The fourth-order valence-corrected chi connectivity index (χ4v) is 4.65. The normalized spacial score (nSPS) is 17.3. The lowest BCUT2D eigenvalue weighted by Gasteiger charge is -2.23. The number of hydrogen-bond acceptors (Lipinski definition) is 8. The van der Waals surface area contributed by atoms with Crippen LogP contribution in [0.4, 0.5) is 10.8 Å². The number of ketones is 1. The molecule has 2 aromatic carbocycles. The summed E-state index contributed by atoms with van der Waals surface area (Å²) in [6, 6.07) is 11.0. The molecule has 1 saturated heterocycles. The van der Waals surface area contributed by atoms with Gasteiger partial charge in [0.25, 0.3) is 11.5 Å². The van der Waals surface area contributed by atoms with Crippen LogP contribution in [0.25, 0.3) is 5.76 Å². The van der Waals surface area contributed by atoms with Crippen LogP contribution >= 0.6 is 11.3 Å². The predicted octanol–water partition coefficient (Wildman–Crippen LogP) is 4.69. The Bertz CT molecular complexity index is 1290. The average molecular weight is 480 g/mol. The zero-order valence-electron chi connectivity index (χ0n) is 18.6. The first-order valence-corrected chi connectivity index (χ1v) is 11.3. The van der Waals surface area contributed by atoms with Crippen LogP contribution in [0.5, 0.6) is 5.75 Å². The fraction of sp³-hybridized carbons (Fsp3) is 0.208. The zero-order chi connectivity index (χ0) is 24.6. The van der Waals surface area contributed by atoms with Gasteiger partial charge in [-0.25, -0.2) is 4.98 Å². The van der Waals surface area contributed by atoms with E-state index in [0.717, 1.165) is 10.6 Å². The SMILES string of the molecule is CCOc1ccc(C(O)=C2C(=O)C(=O)N(c3nc(C)c(C)s3)[C@@H]2c2ccc([N+](=O)[O-])cc2)cc1. The largest absolute Gasteiger partial charge is 0.507 e. The molecule has 1 aromatic heterocycles. The molecule has 1 N–H and O–H groups in total. The van der Waals surface area contributed by atoms with Gasteiger partial charge in [-0.2, -0.15) is 0 Å². The molecule has 0 spiro atoms. The number of aromatic nitrogens is 1. The lowest BCUT2D eigenvalue weighted by atomic mass is 9.95. The van der Waals surface area contributed by atoms with Crippen molar-refractivity contribution in [1.82, 2.24) is 4.98 Å². The van der Waals surface area contributed by atoms with Crippen molar-refractivity contribution in [2.45, 2.75) is 26.8 Å². The number of carbonyl (C=O) groups excluding carboxylic acids is 2. The Morgan fingerprint density at radius 1 is 1.15 bits per heavy atom. The number of aryl methyl sites for hydroxylation is 2. The minimum Gasteiger partial charge on any atom is -0.507 e. The first kappa shape index (κ1) is 23.1. The zero-order valence-corrected chi connectivity index (χ0v) is 19.5. The van der Waals surface area contributed by atoms with Crippen molar-refractivity contribution in [2.75, 3.05) is 11.5 Å². The van der Waals surface area contributed by atoms with Crippen LogP contribution in [0, 0.1) is 24.0 Å². The summed E-state index contributed by atoms with van der Waals surface area (Å²) in [5.41, 5.74) is 1.24. The van der Waals surface area contributed by atoms with Crippen LogP contribution in [0.2, 0.25) is 0 Å². The van der Waals surface area contributed by atoms with Gasteiger partial charge in [-0.15, -0.1) is 11.3 Å². The Kier molecular flexibility index (Phi) is 6.16. The van der Waals surface area contributed by atoms with Gasteiger partial charge in [0.15, 0.2) is 5.13 Å². The summed E-state index contributed by atoms with van der Waals surface area (Å²) < 4.78 is 5.42. The molecule has 10 heteroatoms. The molecule has 0 saturated carbocycles. The molecular formula is C24H21N3O6S. The van der Waals surface area contributed by atoms with Crippen molar-refractivity contribution < 1.29 is 24.4 Å². The molecule has 1 atom stereocenters. The molecule has 2 heterocycles. The molecule has 0 bridgehead atoms. The number of rotatable bonds is 6. The lowest BCUT2D eigenvalue weighted by molar-refractivity contribution is -0.384. The van der Waals surface area contributed by atoms with Gasteiger partial charge in [-0.1, -0.05) is 0 Å². The van der Waals surface area contributed by atoms with E-state index < -0.39 is 22.7 Å². The standard InChI is InChI=1S/C24H21N3O6S/c1-4-33-18-11-7-16(8-12-18)21(28)19-20(15-5-9-17(10-6-15)27(31)32)26(23(30)22(19)29)24-25-13(2)14(3)34-24/h5-12,20,28H,4H2,1-3H3/t20-/m1/s1. The molecule has 3 aromatic rings. The second-order valence-electron chi connectivity index (χ2n) is 7.61. The van der Waals surface area contributed by atoms with E-state index in [2.05, 4.69) is 4.98 Å². The molecule has 0 aliphatic carbocycles. The topological polar surface area (TPSA) is 123 Å². The van der Waals surface area contributed by atoms with Crippen LogP contribution in [-0.2, 0) is 9.59 Å². The highest BCUT2D eigenvalue weighted by Crippen LogP contribution is 2.44. The summed E-state index contributed by atoms with van der Waals surface area (Å²) in [7, 11) is 0. The van der Waals surface area contributed by atoms with Crippen LogP contribution in [0.3, 0.4) is 0 Å². The first-order chi connectivity index (χ1) is 16.2. The van der Waals surface area contributed by atoms with Crippen molar-refractivity contribution in [3.63, 3.8) is 0 Å². The maximum Gasteiger partial charge on any atom is 0.301 e. The molecule has 1 amide bonds. The number of benzene rings is 2. The molecule has 1 aliphatic heterocycles. The number of aliphatic hydroxyl groups is 1. The molecule has 4 rings (SSSR count). The van der Waals surface area contributed by atoms with E-state index in [1.165, 1.54) is 40.5 Å². The summed E-state index contributed by atoms with van der Waals surface area (Å²) >= 11 is 1.25. The third-order valence-electron chi connectivity index (χ3n) is 5.53. The van der Waals surface area contributed by atoms with Crippen molar-refractivity contribution in [2.24, 2.45) is 0 Å². The number of anilines is 1. The number of nitro groups is 1. The summed E-state index contributed by atoms with van der Waals surface area (Å²) in [6.45, 7) is 5.98. The van der Waals surface area contributed by atoms with E-state index in [9.17, 15) is 24.8 Å². The van der Waals surface area contributed by atoms with E-state index in [1.54, 1.807) is 31.2 Å². The van der Waals surface area contributed by atoms with E-state index in [4.69, 9.17) is 4.74 Å². The summed E-state index contributed by atoms with van der Waals surface area (Å²) in [6.07, 6.45) is 0. The van der Waals surface area contributed by atoms with Gasteiger partial charge in [-0.3, -0.25) is 24.6 Å². The van der Waals surface area contributed by atoms with Crippen LogP contribution in [-0.4, -0.2) is 33.3 Å². The number of thiazole rings is 1. The highest BCUT2D eigenvalue weighted by molar-refractivity contribution is 7.16. The van der Waals surface area contributed by atoms with E-state index in [-0.39, 0.29) is 17.0 Å². The van der Waals surface area contributed by atoms with Gasteiger partial charge in [0.05, 0.1) is 28.8 Å². The number of nitro benzene ring substituents is 1. The summed E-state index contributed by atoms with van der Waals surface area (Å²) in [5.74, 6) is -1.44. The summed E-state index contributed by atoms with van der Waals surface area (Å²) in [4.78, 5) is 43.4. The quantitative estimate of drug-likeness (QED) is 0.179. The van der Waals surface area contributed by atoms with Gasteiger partial charge in [0.1, 0.15) is 11.5 Å². The monoisotopic (exact) mass is 479 g/mol. The number of amides is 1. The Balaban J connectivity index is 1.89. The van der Waals surface area contributed by atoms with Crippen LogP contribution < -0.4 is 9.64 Å². The number of aliphatic hydroxyl groups excluding tert-OH is 1. The third kappa shape index (κ3) is 4.03. The van der Waals surface area contributed by atoms with Crippen molar-refractivity contribution >= 4 is 39.6 Å². The number of hydrogen-bond donors (Lipinski definition) is 1. The third-order valence-corrected chi connectivity index (χ3v) is 6.60. The highest BCUT2D eigenvalue weighted by Gasteiger charge is 2.48. The van der Waals surface area contributed by atoms with Crippen LogP contribution in [0.1, 0.15) is 34.7 Å². The molecule has 1 fully saturated rings. The van der Waals surface area contributed by atoms with E-state index in [0.29, 0.717) is 28.6 Å². The highest BCUT2D eigenvalue weighted by atomic mass is 32.1.